The molecule has 9 heteroatoms. The molecule has 0 aliphatic carbocycles. The van der Waals surface area contributed by atoms with Crippen molar-refractivity contribution < 1.29 is 4.79 Å². The van der Waals surface area contributed by atoms with Gasteiger partial charge in [0.1, 0.15) is 25.3 Å². The molecule has 7 nitrogen and oxygen atoms in total. The van der Waals surface area contributed by atoms with Crippen molar-refractivity contribution in [2.75, 3.05) is 0 Å². The predicted molar refractivity (Wildman–Crippen MR) is 79.4 cm³/mol. The molecule has 2 heterocycles. The van der Waals surface area contributed by atoms with Crippen molar-refractivity contribution in [3.05, 3.63) is 71.0 Å². The summed E-state index contributed by atoms with van der Waals surface area (Å²) in [7, 11) is 0. The number of aromatic nitrogens is 6. The lowest BCUT2D eigenvalue weighted by Gasteiger charge is -2.07. The Balaban J connectivity index is 2.04. The Morgan fingerprint density at radius 2 is 1.68 bits per heavy atom. The molecule has 0 radical (unpaired) electrons. The Morgan fingerprint density at radius 3 is 2.18 bits per heavy atom. The van der Waals surface area contributed by atoms with Crippen LogP contribution in [0.5, 0.6) is 0 Å². The number of carbonyl (C=O) groups is 1. The highest BCUT2D eigenvalue weighted by Gasteiger charge is 2.13. The van der Waals surface area contributed by atoms with E-state index < -0.39 is 0 Å². The average Bonchev–Trinajstić information content (AvgIpc) is 3.18. The lowest BCUT2D eigenvalue weighted by molar-refractivity contribution is 0.104. The van der Waals surface area contributed by atoms with Crippen LogP contribution in [0.2, 0.25) is 10.0 Å². The minimum Gasteiger partial charge on any atom is -0.289 e. The molecular weight excluding hydrogens is 327 g/mol. The van der Waals surface area contributed by atoms with E-state index in [2.05, 4.69) is 20.2 Å². The Morgan fingerprint density at radius 1 is 1.05 bits per heavy atom. The molecule has 22 heavy (non-hydrogen) atoms. The summed E-state index contributed by atoms with van der Waals surface area (Å²) in [5, 5.41) is 8.72. The molecule has 0 saturated carbocycles. The van der Waals surface area contributed by atoms with Gasteiger partial charge in [0.05, 0.1) is 5.02 Å². The van der Waals surface area contributed by atoms with Crippen LogP contribution < -0.4 is 0 Å². The molecular formula is C13H8Cl2N6O. The normalized spacial score (nSPS) is 10.5. The van der Waals surface area contributed by atoms with E-state index in [-0.39, 0.29) is 10.8 Å². The number of halogens is 2. The van der Waals surface area contributed by atoms with Gasteiger partial charge in [-0.1, -0.05) is 23.2 Å². The fourth-order valence-electron chi connectivity index (χ4n) is 1.77. The molecule has 2 aromatic heterocycles. The molecule has 0 aliphatic rings. The average molecular weight is 335 g/mol. The molecule has 0 atom stereocenters. The standard InChI is InChI=1S/C13H8Cl2N6O/c14-9-1-2-10(11(15)3-9)12(22)4-13(20-7-16-5-18-20)21-8-17-6-19-21/h1-8H. The first-order valence-electron chi connectivity index (χ1n) is 6.06. The van der Waals surface area contributed by atoms with Gasteiger partial charge >= 0.3 is 0 Å². The van der Waals surface area contributed by atoms with Crippen LogP contribution >= 0.6 is 23.2 Å². The van der Waals surface area contributed by atoms with E-state index >= 15 is 0 Å². The van der Waals surface area contributed by atoms with E-state index in [0.717, 1.165) is 0 Å². The fraction of sp³-hybridized carbons (Fsp3) is 0. The second-order valence-corrected chi connectivity index (χ2v) is 5.01. The number of carbonyl (C=O) groups excluding carboxylic acids is 1. The Labute approximate surface area is 134 Å². The van der Waals surface area contributed by atoms with E-state index in [1.165, 1.54) is 46.8 Å². The van der Waals surface area contributed by atoms with Gasteiger partial charge in [-0.05, 0) is 18.2 Å². The zero-order chi connectivity index (χ0) is 15.5. The molecule has 3 aromatic rings. The molecule has 3 rings (SSSR count). The maximum atomic E-state index is 12.5. The van der Waals surface area contributed by atoms with Crippen molar-refractivity contribution in [1.29, 1.82) is 0 Å². The van der Waals surface area contributed by atoms with Crippen molar-refractivity contribution in [3.8, 4) is 0 Å². The number of ketones is 1. The SMILES string of the molecule is O=C(C=C(n1cncn1)n1cncn1)c1ccc(Cl)cc1Cl. The summed E-state index contributed by atoms with van der Waals surface area (Å²) in [6.07, 6.45) is 6.95. The fourth-order valence-corrected chi connectivity index (χ4v) is 2.28. The summed E-state index contributed by atoms with van der Waals surface area (Å²) in [4.78, 5) is 20.2. The van der Waals surface area contributed by atoms with Gasteiger partial charge in [-0.15, -0.1) is 0 Å². The first-order chi connectivity index (χ1) is 10.6. The molecule has 0 aliphatic heterocycles. The minimum absolute atomic E-state index is 0.269. The topological polar surface area (TPSA) is 78.5 Å². The predicted octanol–water partition coefficient (Wildman–Crippen LogP) is 2.22. The van der Waals surface area contributed by atoms with Crippen LogP contribution in [0.4, 0.5) is 0 Å². The number of hydrogen-bond donors (Lipinski definition) is 0. The molecule has 0 amide bonds. The number of allylic oxidation sites excluding steroid dienone is 1. The van der Waals surface area contributed by atoms with Crippen LogP contribution in [0.15, 0.2) is 49.6 Å². The van der Waals surface area contributed by atoms with Crippen molar-refractivity contribution in [2.24, 2.45) is 0 Å². The van der Waals surface area contributed by atoms with E-state index in [0.29, 0.717) is 16.4 Å². The van der Waals surface area contributed by atoms with Crippen LogP contribution in [0.25, 0.3) is 0 Å². The van der Waals surface area contributed by atoms with Gasteiger partial charge in [-0.2, -0.15) is 10.2 Å². The summed E-state index contributed by atoms with van der Waals surface area (Å²) < 4.78 is 2.80. The van der Waals surface area contributed by atoms with E-state index in [1.54, 1.807) is 12.1 Å². The molecule has 110 valence electrons. The highest BCUT2D eigenvalue weighted by molar-refractivity contribution is 6.37. The van der Waals surface area contributed by atoms with E-state index in [4.69, 9.17) is 23.2 Å². The highest BCUT2D eigenvalue weighted by Crippen LogP contribution is 2.22. The van der Waals surface area contributed by atoms with Crippen LogP contribution in [-0.4, -0.2) is 35.3 Å². The highest BCUT2D eigenvalue weighted by atomic mass is 35.5. The Bertz CT molecular complexity index is 790. The second kappa shape index (κ2) is 6.08. The molecule has 0 bridgehead atoms. The first kappa shape index (κ1) is 14.4. The zero-order valence-corrected chi connectivity index (χ0v) is 12.5. The summed E-state index contributed by atoms with van der Waals surface area (Å²) in [5.74, 6) is 0.0497. The molecule has 1 aromatic carbocycles. The number of hydrogen-bond acceptors (Lipinski definition) is 5. The third-order valence-corrected chi connectivity index (χ3v) is 3.31. The third-order valence-electron chi connectivity index (χ3n) is 2.76. The minimum atomic E-state index is -0.317. The van der Waals surface area contributed by atoms with Gasteiger partial charge in [-0.3, -0.25) is 4.79 Å². The van der Waals surface area contributed by atoms with Crippen molar-refractivity contribution in [1.82, 2.24) is 29.5 Å². The first-order valence-corrected chi connectivity index (χ1v) is 6.82. The van der Waals surface area contributed by atoms with Crippen LogP contribution in [0.3, 0.4) is 0 Å². The third kappa shape index (κ3) is 2.90. The quantitative estimate of drug-likeness (QED) is 0.540. The van der Waals surface area contributed by atoms with Crippen molar-refractivity contribution in [2.45, 2.75) is 0 Å². The summed E-state index contributed by atoms with van der Waals surface area (Å²) >= 11 is 11.9. The Hall–Kier alpha value is -2.51. The van der Waals surface area contributed by atoms with Crippen molar-refractivity contribution >= 4 is 29.0 Å². The van der Waals surface area contributed by atoms with Crippen LogP contribution in [0, 0.1) is 5.82 Å². The Kier molecular flexibility index (Phi) is 3.99. The zero-order valence-electron chi connectivity index (χ0n) is 11.0. The van der Waals surface area contributed by atoms with Crippen molar-refractivity contribution in [3.63, 3.8) is 0 Å². The van der Waals surface area contributed by atoms with Gasteiger partial charge in [0, 0.05) is 16.7 Å². The molecule has 0 spiro atoms. The smallest absolute Gasteiger partial charge is 0.191 e. The van der Waals surface area contributed by atoms with Gasteiger partial charge in [0.2, 0.25) is 0 Å². The van der Waals surface area contributed by atoms with Gasteiger partial charge < -0.3 is 0 Å². The summed E-state index contributed by atoms with van der Waals surface area (Å²) in [6, 6.07) is 4.66. The van der Waals surface area contributed by atoms with Gasteiger partial charge in [0.25, 0.3) is 0 Å². The molecule has 0 saturated heterocycles. The van der Waals surface area contributed by atoms with Crippen LogP contribution in [-0.2, 0) is 0 Å². The maximum absolute atomic E-state index is 12.5. The number of rotatable bonds is 4. The number of nitrogens with zero attached hydrogens (tertiary/aromatic N) is 6. The summed E-state index contributed by atoms with van der Waals surface area (Å²) in [5.41, 5.74) is 0.323. The summed E-state index contributed by atoms with van der Waals surface area (Å²) in [6.45, 7) is 0. The lowest BCUT2D eigenvalue weighted by atomic mass is 10.1. The van der Waals surface area contributed by atoms with Crippen LogP contribution in [0.1, 0.15) is 10.4 Å². The monoisotopic (exact) mass is 334 g/mol. The molecule has 0 N–H and O–H groups in total. The maximum Gasteiger partial charge on any atom is 0.191 e. The largest absolute Gasteiger partial charge is 0.289 e. The van der Waals surface area contributed by atoms with E-state index in [9.17, 15) is 4.79 Å². The molecule has 0 fully saturated rings. The molecule has 0 unspecified atom stereocenters. The number of benzene rings is 1. The van der Waals surface area contributed by atoms with E-state index in [1.807, 2.05) is 0 Å². The van der Waals surface area contributed by atoms with Gasteiger partial charge in [0.15, 0.2) is 11.6 Å². The van der Waals surface area contributed by atoms with Gasteiger partial charge in [-0.25, -0.2) is 19.3 Å². The second-order valence-electron chi connectivity index (χ2n) is 4.17. The lowest BCUT2D eigenvalue weighted by Crippen LogP contribution is -2.15.